The van der Waals surface area contributed by atoms with Gasteiger partial charge in [0.25, 0.3) is 0 Å². The number of ether oxygens (including phenoxy) is 1. The van der Waals surface area contributed by atoms with Crippen molar-refractivity contribution in [3.05, 3.63) is 29.1 Å². The zero-order chi connectivity index (χ0) is 11.7. The van der Waals surface area contributed by atoms with Crippen molar-refractivity contribution in [3.63, 3.8) is 0 Å². The summed E-state index contributed by atoms with van der Waals surface area (Å²) < 4.78 is 6.69. The van der Waals surface area contributed by atoms with Gasteiger partial charge in [-0.3, -0.25) is 4.90 Å². The lowest BCUT2D eigenvalue weighted by Crippen LogP contribution is -2.35. The highest BCUT2D eigenvalue weighted by Gasteiger charge is 2.13. The molecule has 1 aromatic carbocycles. The molecule has 2 aromatic rings. The third kappa shape index (κ3) is 2.29. The van der Waals surface area contributed by atoms with Gasteiger partial charge in [0.15, 0.2) is 0 Å². The number of rotatable bonds is 2. The Hall–Kier alpha value is -1.10. The summed E-state index contributed by atoms with van der Waals surface area (Å²) in [6.45, 7) is 4.76. The van der Waals surface area contributed by atoms with E-state index in [0.717, 1.165) is 38.5 Å². The van der Waals surface area contributed by atoms with E-state index in [1.165, 1.54) is 15.6 Å². The Morgan fingerprint density at radius 1 is 1.29 bits per heavy atom. The fraction of sp³-hybridized carbons (Fsp3) is 0.385. The molecule has 0 amide bonds. The SMILES string of the molecule is Nc1ccc2scc(CN3CCOCC3)c2c1. The number of hydrogen-bond acceptors (Lipinski definition) is 4. The van der Waals surface area contributed by atoms with Gasteiger partial charge >= 0.3 is 0 Å². The highest BCUT2D eigenvalue weighted by atomic mass is 32.1. The lowest BCUT2D eigenvalue weighted by molar-refractivity contribution is 0.0344. The third-order valence-electron chi connectivity index (χ3n) is 3.18. The molecule has 0 bridgehead atoms. The molecule has 17 heavy (non-hydrogen) atoms. The maximum absolute atomic E-state index is 5.86. The van der Waals surface area contributed by atoms with Crippen molar-refractivity contribution in [2.24, 2.45) is 0 Å². The highest BCUT2D eigenvalue weighted by molar-refractivity contribution is 7.17. The van der Waals surface area contributed by atoms with Gasteiger partial charge in [-0.25, -0.2) is 0 Å². The van der Waals surface area contributed by atoms with Crippen LogP contribution in [0.25, 0.3) is 10.1 Å². The minimum Gasteiger partial charge on any atom is -0.399 e. The van der Waals surface area contributed by atoms with Gasteiger partial charge in [0, 0.05) is 30.0 Å². The largest absolute Gasteiger partial charge is 0.399 e. The number of nitrogen functional groups attached to an aromatic ring is 1. The summed E-state index contributed by atoms with van der Waals surface area (Å²) in [5.41, 5.74) is 8.09. The summed E-state index contributed by atoms with van der Waals surface area (Å²) in [4.78, 5) is 2.44. The van der Waals surface area contributed by atoms with Gasteiger partial charge in [-0.1, -0.05) is 0 Å². The molecule has 0 atom stereocenters. The summed E-state index contributed by atoms with van der Waals surface area (Å²) in [6.07, 6.45) is 0. The van der Waals surface area contributed by atoms with Crippen molar-refractivity contribution in [2.45, 2.75) is 6.54 Å². The molecule has 3 rings (SSSR count). The van der Waals surface area contributed by atoms with Crippen molar-refractivity contribution in [3.8, 4) is 0 Å². The van der Waals surface area contributed by atoms with E-state index < -0.39 is 0 Å². The van der Waals surface area contributed by atoms with E-state index in [2.05, 4.69) is 22.4 Å². The number of morpholine rings is 1. The van der Waals surface area contributed by atoms with Gasteiger partial charge in [-0.05, 0) is 34.5 Å². The Labute approximate surface area is 105 Å². The maximum Gasteiger partial charge on any atom is 0.0594 e. The second-order valence-corrected chi connectivity index (χ2v) is 5.32. The average Bonchev–Trinajstić information content (AvgIpc) is 2.73. The van der Waals surface area contributed by atoms with E-state index in [-0.39, 0.29) is 0 Å². The zero-order valence-corrected chi connectivity index (χ0v) is 10.5. The van der Waals surface area contributed by atoms with Crippen LogP contribution < -0.4 is 5.73 Å². The molecule has 1 aliphatic heterocycles. The van der Waals surface area contributed by atoms with Gasteiger partial charge in [-0.15, -0.1) is 11.3 Å². The van der Waals surface area contributed by atoms with Crippen molar-refractivity contribution in [1.82, 2.24) is 4.90 Å². The first-order valence-electron chi connectivity index (χ1n) is 5.88. The third-order valence-corrected chi connectivity index (χ3v) is 4.19. The number of hydrogen-bond donors (Lipinski definition) is 1. The van der Waals surface area contributed by atoms with Crippen LogP contribution in [0.15, 0.2) is 23.6 Å². The van der Waals surface area contributed by atoms with Crippen LogP contribution >= 0.6 is 11.3 Å². The fourth-order valence-corrected chi connectivity index (χ4v) is 3.16. The number of anilines is 1. The molecular formula is C13H16N2OS. The predicted molar refractivity (Wildman–Crippen MR) is 72.3 cm³/mol. The molecule has 2 N–H and O–H groups in total. The second kappa shape index (κ2) is 4.64. The molecule has 1 saturated heterocycles. The Kier molecular flexibility index (Phi) is 3.01. The van der Waals surface area contributed by atoms with Crippen LogP contribution in [-0.2, 0) is 11.3 Å². The van der Waals surface area contributed by atoms with E-state index in [9.17, 15) is 0 Å². The predicted octanol–water partition coefficient (Wildman–Crippen LogP) is 2.32. The van der Waals surface area contributed by atoms with E-state index >= 15 is 0 Å². The van der Waals surface area contributed by atoms with Gasteiger partial charge in [-0.2, -0.15) is 0 Å². The summed E-state index contributed by atoms with van der Waals surface area (Å²) in [5, 5.41) is 3.56. The van der Waals surface area contributed by atoms with Crippen LogP contribution in [0.1, 0.15) is 5.56 Å². The van der Waals surface area contributed by atoms with Crippen LogP contribution in [0, 0.1) is 0 Å². The second-order valence-electron chi connectivity index (χ2n) is 4.41. The first kappa shape index (κ1) is 11.0. The minimum absolute atomic E-state index is 0.846. The Morgan fingerprint density at radius 2 is 2.12 bits per heavy atom. The van der Waals surface area contributed by atoms with E-state index in [1.54, 1.807) is 11.3 Å². The Balaban J connectivity index is 1.86. The van der Waals surface area contributed by atoms with Crippen molar-refractivity contribution in [2.75, 3.05) is 32.0 Å². The molecule has 0 aliphatic carbocycles. The van der Waals surface area contributed by atoms with Crippen molar-refractivity contribution in [1.29, 1.82) is 0 Å². The fourth-order valence-electron chi connectivity index (χ4n) is 2.22. The van der Waals surface area contributed by atoms with E-state index in [1.807, 2.05) is 6.07 Å². The lowest BCUT2D eigenvalue weighted by Gasteiger charge is -2.26. The van der Waals surface area contributed by atoms with Crippen LogP contribution in [0.5, 0.6) is 0 Å². The molecule has 1 fully saturated rings. The number of nitrogens with zero attached hydrogens (tertiary/aromatic N) is 1. The minimum atomic E-state index is 0.846. The highest BCUT2D eigenvalue weighted by Crippen LogP contribution is 2.28. The summed E-state index contributed by atoms with van der Waals surface area (Å²) in [5.74, 6) is 0. The monoisotopic (exact) mass is 248 g/mol. The Bertz CT molecular complexity index is 517. The molecule has 3 nitrogen and oxygen atoms in total. The summed E-state index contributed by atoms with van der Waals surface area (Å²) in [7, 11) is 0. The molecule has 1 aliphatic rings. The number of benzene rings is 1. The van der Waals surface area contributed by atoms with E-state index in [0.29, 0.717) is 0 Å². The summed E-state index contributed by atoms with van der Waals surface area (Å²) >= 11 is 1.80. The number of thiophene rings is 1. The summed E-state index contributed by atoms with van der Waals surface area (Å²) in [6, 6.07) is 6.16. The molecule has 1 aromatic heterocycles. The van der Waals surface area contributed by atoms with Gasteiger partial charge in [0.2, 0.25) is 0 Å². The standard InChI is InChI=1S/C13H16N2OS/c14-11-1-2-13-12(7-11)10(9-17-13)8-15-3-5-16-6-4-15/h1-2,7,9H,3-6,8,14H2. The smallest absolute Gasteiger partial charge is 0.0594 e. The van der Waals surface area contributed by atoms with Gasteiger partial charge < -0.3 is 10.5 Å². The molecule has 0 saturated carbocycles. The maximum atomic E-state index is 5.86. The van der Waals surface area contributed by atoms with Gasteiger partial charge in [0.1, 0.15) is 0 Å². The van der Waals surface area contributed by atoms with Crippen LogP contribution in [0.4, 0.5) is 5.69 Å². The van der Waals surface area contributed by atoms with Gasteiger partial charge in [0.05, 0.1) is 13.2 Å². The number of fused-ring (bicyclic) bond motifs is 1. The average molecular weight is 248 g/mol. The molecule has 0 spiro atoms. The zero-order valence-electron chi connectivity index (χ0n) is 9.69. The molecule has 2 heterocycles. The molecule has 0 radical (unpaired) electrons. The lowest BCUT2D eigenvalue weighted by atomic mass is 10.1. The first-order chi connectivity index (χ1) is 8.33. The van der Waals surface area contributed by atoms with Crippen molar-refractivity contribution >= 4 is 27.1 Å². The first-order valence-corrected chi connectivity index (χ1v) is 6.76. The number of nitrogens with two attached hydrogens (primary N) is 1. The Morgan fingerprint density at radius 3 is 2.94 bits per heavy atom. The van der Waals surface area contributed by atoms with Crippen molar-refractivity contribution < 1.29 is 4.74 Å². The van der Waals surface area contributed by atoms with E-state index in [4.69, 9.17) is 10.5 Å². The molecule has 4 heteroatoms. The van der Waals surface area contributed by atoms with Crippen LogP contribution in [-0.4, -0.2) is 31.2 Å². The van der Waals surface area contributed by atoms with Crippen LogP contribution in [0.2, 0.25) is 0 Å². The molecule has 0 unspecified atom stereocenters. The molecular weight excluding hydrogens is 232 g/mol. The topological polar surface area (TPSA) is 38.5 Å². The molecule has 90 valence electrons. The van der Waals surface area contributed by atoms with Crippen LogP contribution in [0.3, 0.4) is 0 Å². The normalized spacial score (nSPS) is 17.6. The quantitative estimate of drug-likeness (QED) is 0.829.